The third kappa shape index (κ3) is 2.52. The third-order valence-corrected chi connectivity index (χ3v) is 4.67. The minimum Gasteiger partial charge on any atom is -0.376 e. The minimum atomic E-state index is 0.00968. The van der Waals surface area contributed by atoms with E-state index in [-0.39, 0.29) is 12.2 Å². The molecule has 1 aliphatic carbocycles. The van der Waals surface area contributed by atoms with Crippen LogP contribution in [-0.4, -0.2) is 41.8 Å². The molecule has 0 spiro atoms. The van der Waals surface area contributed by atoms with Gasteiger partial charge in [0.2, 0.25) is 5.91 Å². The van der Waals surface area contributed by atoms with Crippen LogP contribution in [0.1, 0.15) is 46.5 Å². The molecule has 3 fully saturated rings. The van der Waals surface area contributed by atoms with Crippen molar-refractivity contribution in [2.45, 2.75) is 70.8 Å². The first-order valence-electron chi connectivity index (χ1n) is 7.77. The SMILES string of the molecule is CC(C)CC1NC(C)N(C2CCOC2C2CC2)C1=O. The summed E-state index contributed by atoms with van der Waals surface area (Å²) in [5, 5.41) is 3.46. The lowest BCUT2D eigenvalue weighted by atomic mass is 10.0. The Labute approximate surface area is 115 Å². The maximum Gasteiger partial charge on any atom is 0.241 e. The van der Waals surface area contributed by atoms with Crippen LogP contribution in [0.15, 0.2) is 0 Å². The second kappa shape index (κ2) is 5.06. The zero-order valence-electron chi connectivity index (χ0n) is 12.3. The molecule has 4 heteroatoms. The van der Waals surface area contributed by atoms with E-state index in [0.29, 0.717) is 29.9 Å². The summed E-state index contributed by atoms with van der Waals surface area (Å²) < 4.78 is 5.89. The lowest BCUT2D eigenvalue weighted by Crippen LogP contribution is -2.47. The molecule has 0 aromatic rings. The molecule has 0 aromatic heterocycles. The van der Waals surface area contributed by atoms with Gasteiger partial charge in [0.1, 0.15) is 0 Å². The average Bonchev–Trinajstić information content (AvgIpc) is 3.01. The summed E-state index contributed by atoms with van der Waals surface area (Å²) >= 11 is 0. The minimum absolute atomic E-state index is 0.00968. The summed E-state index contributed by atoms with van der Waals surface area (Å²) in [5.74, 6) is 1.55. The summed E-state index contributed by atoms with van der Waals surface area (Å²) in [6.45, 7) is 7.28. The van der Waals surface area contributed by atoms with E-state index in [9.17, 15) is 4.79 Å². The van der Waals surface area contributed by atoms with Gasteiger partial charge in [-0.15, -0.1) is 0 Å². The predicted molar refractivity (Wildman–Crippen MR) is 73.6 cm³/mol. The highest BCUT2D eigenvalue weighted by Crippen LogP contribution is 2.41. The molecule has 2 saturated heterocycles. The molecule has 108 valence electrons. The van der Waals surface area contributed by atoms with E-state index in [1.54, 1.807) is 0 Å². The van der Waals surface area contributed by atoms with Crippen molar-refractivity contribution < 1.29 is 9.53 Å². The number of carbonyl (C=O) groups is 1. The maximum absolute atomic E-state index is 12.6. The van der Waals surface area contributed by atoms with Crippen molar-refractivity contribution in [3.8, 4) is 0 Å². The van der Waals surface area contributed by atoms with Gasteiger partial charge in [0.25, 0.3) is 0 Å². The molecular formula is C15H26N2O2. The summed E-state index contributed by atoms with van der Waals surface area (Å²) in [4.78, 5) is 14.7. The van der Waals surface area contributed by atoms with Crippen molar-refractivity contribution >= 4 is 5.91 Å². The van der Waals surface area contributed by atoms with Crippen LogP contribution in [-0.2, 0) is 9.53 Å². The number of nitrogens with one attached hydrogen (secondary N) is 1. The van der Waals surface area contributed by atoms with Crippen LogP contribution in [0.25, 0.3) is 0 Å². The van der Waals surface area contributed by atoms with Crippen molar-refractivity contribution in [2.75, 3.05) is 6.61 Å². The van der Waals surface area contributed by atoms with Crippen LogP contribution in [0, 0.1) is 11.8 Å². The summed E-state index contributed by atoms with van der Waals surface area (Å²) in [6, 6.07) is 0.315. The van der Waals surface area contributed by atoms with Gasteiger partial charge in [0.15, 0.2) is 0 Å². The van der Waals surface area contributed by atoms with E-state index in [0.717, 1.165) is 19.4 Å². The Morgan fingerprint density at radius 3 is 2.74 bits per heavy atom. The number of amides is 1. The highest BCUT2D eigenvalue weighted by atomic mass is 16.5. The van der Waals surface area contributed by atoms with Gasteiger partial charge in [-0.25, -0.2) is 0 Å². The van der Waals surface area contributed by atoms with E-state index in [2.05, 4.69) is 31.0 Å². The normalized spacial score (nSPS) is 39.6. The van der Waals surface area contributed by atoms with Gasteiger partial charge >= 0.3 is 0 Å². The molecule has 1 amide bonds. The van der Waals surface area contributed by atoms with E-state index in [4.69, 9.17) is 4.74 Å². The predicted octanol–water partition coefficient (Wildman–Crippen LogP) is 1.75. The van der Waals surface area contributed by atoms with E-state index in [1.807, 2.05) is 0 Å². The van der Waals surface area contributed by atoms with Gasteiger partial charge in [-0.05, 0) is 44.4 Å². The fourth-order valence-electron chi connectivity index (χ4n) is 3.68. The average molecular weight is 266 g/mol. The molecule has 0 radical (unpaired) electrons. The molecule has 4 nitrogen and oxygen atoms in total. The van der Waals surface area contributed by atoms with E-state index < -0.39 is 0 Å². The van der Waals surface area contributed by atoms with Crippen LogP contribution >= 0.6 is 0 Å². The van der Waals surface area contributed by atoms with Crippen LogP contribution in [0.4, 0.5) is 0 Å². The number of nitrogens with zero attached hydrogens (tertiary/aromatic N) is 1. The molecule has 2 aliphatic heterocycles. The highest BCUT2D eigenvalue weighted by Gasteiger charge is 2.49. The van der Waals surface area contributed by atoms with Gasteiger partial charge in [-0.2, -0.15) is 0 Å². The van der Waals surface area contributed by atoms with Gasteiger partial charge in [-0.3, -0.25) is 10.1 Å². The van der Waals surface area contributed by atoms with Crippen LogP contribution in [0.2, 0.25) is 0 Å². The number of hydrogen-bond acceptors (Lipinski definition) is 3. The summed E-state index contributed by atoms with van der Waals surface area (Å²) in [7, 11) is 0. The monoisotopic (exact) mass is 266 g/mol. The number of carbonyl (C=O) groups excluding carboxylic acids is 1. The molecule has 3 rings (SSSR count). The first-order chi connectivity index (χ1) is 9.08. The van der Waals surface area contributed by atoms with Gasteiger partial charge < -0.3 is 9.64 Å². The summed E-state index contributed by atoms with van der Waals surface area (Å²) in [6.07, 6.45) is 4.95. The standard InChI is InChI=1S/C15H26N2O2/c1-9(2)8-12-15(18)17(10(3)16-12)13-6-7-19-14(13)11-4-5-11/h9-14,16H,4-8H2,1-3H3. The Kier molecular flexibility index (Phi) is 3.56. The number of hydrogen-bond donors (Lipinski definition) is 1. The van der Waals surface area contributed by atoms with Gasteiger partial charge in [0, 0.05) is 6.61 Å². The largest absolute Gasteiger partial charge is 0.376 e. The quantitative estimate of drug-likeness (QED) is 0.843. The second-order valence-corrected chi connectivity index (χ2v) is 6.80. The van der Waals surface area contributed by atoms with Crippen molar-refractivity contribution in [1.29, 1.82) is 0 Å². The molecule has 1 N–H and O–H groups in total. The van der Waals surface area contributed by atoms with E-state index >= 15 is 0 Å². The van der Waals surface area contributed by atoms with Crippen molar-refractivity contribution in [1.82, 2.24) is 10.2 Å². The Hall–Kier alpha value is -0.610. The molecule has 4 atom stereocenters. The molecular weight excluding hydrogens is 240 g/mol. The smallest absolute Gasteiger partial charge is 0.241 e. The zero-order chi connectivity index (χ0) is 13.6. The molecule has 2 heterocycles. The third-order valence-electron chi connectivity index (χ3n) is 4.67. The molecule has 1 saturated carbocycles. The van der Waals surface area contributed by atoms with Crippen molar-refractivity contribution in [2.24, 2.45) is 11.8 Å². The molecule has 19 heavy (non-hydrogen) atoms. The Morgan fingerprint density at radius 2 is 2.11 bits per heavy atom. The lowest BCUT2D eigenvalue weighted by Gasteiger charge is -2.31. The Bertz CT molecular complexity index is 354. The van der Waals surface area contributed by atoms with Gasteiger partial charge in [0.05, 0.1) is 24.4 Å². The molecule has 0 bridgehead atoms. The molecule has 0 aromatic carbocycles. The second-order valence-electron chi connectivity index (χ2n) is 6.80. The Morgan fingerprint density at radius 1 is 1.37 bits per heavy atom. The number of rotatable bonds is 4. The summed E-state index contributed by atoms with van der Waals surface area (Å²) in [5.41, 5.74) is 0. The van der Waals surface area contributed by atoms with Crippen molar-refractivity contribution in [3.05, 3.63) is 0 Å². The fraction of sp³-hybridized carbons (Fsp3) is 0.933. The van der Waals surface area contributed by atoms with Crippen LogP contribution in [0.3, 0.4) is 0 Å². The van der Waals surface area contributed by atoms with Crippen molar-refractivity contribution in [3.63, 3.8) is 0 Å². The van der Waals surface area contributed by atoms with Gasteiger partial charge in [-0.1, -0.05) is 13.8 Å². The van der Waals surface area contributed by atoms with Crippen LogP contribution in [0.5, 0.6) is 0 Å². The first-order valence-corrected chi connectivity index (χ1v) is 7.77. The number of ether oxygens (including phenoxy) is 1. The highest BCUT2D eigenvalue weighted by molar-refractivity contribution is 5.84. The Balaban J connectivity index is 1.71. The van der Waals surface area contributed by atoms with E-state index in [1.165, 1.54) is 12.8 Å². The maximum atomic E-state index is 12.6. The van der Waals surface area contributed by atoms with Crippen LogP contribution < -0.4 is 5.32 Å². The molecule has 3 aliphatic rings. The first kappa shape index (κ1) is 13.4. The molecule has 4 unspecified atom stereocenters. The topological polar surface area (TPSA) is 41.6 Å². The lowest BCUT2D eigenvalue weighted by molar-refractivity contribution is -0.133. The fourth-order valence-corrected chi connectivity index (χ4v) is 3.68. The zero-order valence-corrected chi connectivity index (χ0v) is 12.3.